The Morgan fingerprint density at radius 3 is 2.47 bits per heavy atom. The van der Waals surface area contributed by atoms with Crippen molar-refractivity contribution in [3.05, 3.63) is 0 Å². The first-order valence-electron chi connectivity index (χ1n) is 5.53. The van der Waals surface area contributed by atoms with Gasteiger partial charge in [0, 0.05) is 0 Å². The first-order chi connectivity index (χ1) is 7.08. The van der Waals surface area contributed by atoms with Gasteiger partial charge in [0.1, 0.15) is 0 Å². The third-order valence-corrected chi connectivity index (χ3v) is 2.71. The highest BCUT2D eigenvalue weighted by molar-refractivity contribution is 5.72. The Hall–Kier alpha value is -0.610. The van der Waals surface area contributed by atoms with E-state index in [0.717, 1.165) is 25.7 Å². The standard InChI is InChI=1S/C11H20O4/c1-3-4-5-6-9-14-7-11(2,8-15-9)10(12)13/h9H,3-8H2,1-2H3,(H,12,13)/p-1. The second-order valence-electron chi connectivity index (χ2n) is 4.40. The maximum atomic E-state index is 10.8. The minimum Gasteiger partial charge on any atom is -0.549 e. The maximum Gasteiger partial charge on any atom is 0.157 e. The molecule has 0 unspecified atom stereocenters. The summed E-state index contributed by atoms with van der Waals surface area (Å²) in [5.41, 5.74) is -0.985. The fraction of sp³-hybridized carbons (Fsp3) is 0.909. The van der Waals surface area contributed by atoms with Crippen LogP contribution in [-0.2, 0) is 14.3 Å². The molecule has 1 aliphatic heterocycles. The molecule has 4 heteroatoms. The molecule has 0 radical (unpaired) electrons. The summed E-state index contributed by atoms with van der Waals surface area (Å²) in [4.78, 5) is 10.8. The smallest absolute Gasteiger partial charge is 0.157 e. The molecule has 88 valence electrons. The summed E-state index contributed by atoms with van der Waals surface area (Å²) in [6.07, 6.45) is 3.98. The number of rotatable bonds is 5. The molecule has 1 aliphatic rings. The van der Waals surface area contributed by atoms with Crippen molar-refractivity contribution in [3.8, 4) is 0 Å². The molecule has 15 heavy (non-hydrogen) atoms. The van der Waals surface area contributed by atoms with Gasteiger partial charge in [-0.05, 0) is 19.8 Å². The Labute approximate surface area is 90.6 Å². The molecule has 0 amide bonds. The fourth-order valence-corrected chi connectivity index (χ4v) is 1.49. The number of carboxylic acids is 1. The second kappa shape index (κ2) is 5.47. The normalized spacial score (nSPS) is 31.5. The molecule has 0 saturated carbocycles. The van der Waals surface area contributed by atoms with Crippen LogP contribution in [0.4, 0.5) is 0 Å². The lowest BCUT2D eigenvalue weighted by Gasteiger charge is -2.37. The molecule has 1 saturated heterocycles. The van der Waals surface area contributed by atoms with Crippen LogP contribution in [0.2, 0.25) is 0 Å². The summed E-state index contributed by atoms with van der Waals surface area (Å²) in [7, 11) is 0. The van der Waals surface area contributed by atoms with Crippen molar-refractivity contribution in [3.63, 3.8) is 0 Å². The molecule has 1 heterocycles. The van der Waals surface area contributed by atoms with Gasteiger partial charge < -0.3 is 19.4 Å². The molecule has 0 spiro atoms. The molecule has 0 bridgehead atoms. The Balaban J connectivity index is 2.26. The zero-order valence-corrected chi connectivity index (χ0v) is 9.45. The number of aliphatic carboxylic acids is 1. The lowest BCUT2D eigenvalue weighted by molar-refractivity contribution is -0.334. The van der Waals surface area contributed by atoms with Crippen LogP contribution in [0.3, 0.4) is 0 Å². The molecule has 0 aromatic heterocycles. The van der Waals surface area contributed by atoms with E-state index in [0.29, 0.717) is 0 Å². The fourth-order valence-electron chi connectivity index (χ4n) is 1.49. The van der Waals surface area contributed by atoms with Crippen molar-refractivity contribution in [2.75, 3.05) is 13.2 Å². The number of carbonyl (C=O) groups excluding carboxylic acids is 1. The van der Waals surface area contributed by atoms with E-state index in [1.54, 1.807) is 6.92 Å². The van der Waals surface area contributed by atoms with Crippen molar-refractivity contribution >= 4 is 5.97 Å². The average molecular weight is 215 g/mol. The number of carboxylic acid groups (broad SMARTS) is 1. The quantitative estimate of drug-likeness (QED) is 0.633. The monoisotopic (exact) mass is 215 g/mol. The molecule has 4 nitrogen and oxygen atoms in total. The van der Waals surface area contributed by atoms with Gasteiger partial charge in [-0.15, -0.1) is 0 Å². The van der Waals surface area contributed by atoms with Gasteiger partial charge in [0.05, 0.1) is 24.6 Å². The molecule has 0 aliphatic carbocycles. The predicted octanol–water partition coefficient (Wildman–Crippen LogP) is 0.696. The van der Waals surface area contributed by atoms with E-state index < -0.39 is 11.4 Å². The van der Waals surface area contributed by atoms with Crippen LogP contribution in [0.25, 0.3) is 0 Å². The summed E-state index contributed by atoms with van der Waals surface area (Å²) in [6, 6.07) is 0. The highest BCUT2D eigenvalue weighted by Crippen LogP contribution is 2.25. The summed E-state index contributed by atoms with van der Waals surface area (Å²) >= 11 is 0. The van der Waals surface area contributed by atoms with Crippen LogP contribution in [0, 0.1) is 5.41 Å². The molecule has 1 rings (SSSR count). The Kier molecular flexibility index (Phi) is 4.54. The van der Waals surface area contributed by atoms with Crippen molar-refractivity contribution in [1.29, 1.82) is 0 Å². The zero-order valence-electron chi connectivity index (χ0n) is 9.45. The predicted molar refractivity (Wildman–Crippen MR) is 52.9 cm³/mol. The Bertz CT molecular complexity index is 207. The van der Waals surface area contributed by atoms with Gasteiger partial charge >= 0.3 is 0 Å². The van der Waals surface area contributed by atoms with E-state index >= 15 is 0 Å². The summed E-state index contributed by atoms with van der Waals surface area (Å²) in [5, 5.41) is 10.8. The molecule has 0 atom stereocenters. The number of hydrogen-bond donors (Lipinski definition) is 0. The molecule has 0 N–H and O–H groups in total. The minimum absolute atomic E-state index is 0.187. The van der Waals surface area contributed by atoms with Crippen molar-refractivity contribution in [2.45, 2.75) is 45.8 Å². The van der Waals surface area contributed by atoms with Crippen molar-refractivity contribution in [1.82, 2.24) is 0 Å². The molecule has 0 aromatic carbocycles. The van der Waals surface area contributed by atoms with Gasteiger partial charge in [0.2, 0.25) is 0 Å². The highest BCUT2D eigenvalue weighted by atomic mass is 16.7. The SMILES string of the molecule is CCCCCC1OCC(C)(C(=O)[O-])CO1. The highest BCUT2D eigenvalue weighted by Gasteiger charge is 2.33. The van der Waals surface area contributed by atoms with E-state index in [-0.39, 0.29) is 19.5 Å². The second-order valence-corrected chi connectivity index (χ2v) is 4.40. The number of carbonyl (C=O) groups is 1. The Morgan fingerprint density at radius 2 is 2.00 bits per heavy atom. The molecular weight excluding hydrogens is 196 g/mol. The van der Waals surface area contributed by atoms with E-state index in [1.165, 1.54) is 0 Å². The van der Waals surface area contributed by atoms with Gasteiger partial charge in [-0.1, -0.05) is 19.8 Å². The van der Waals surface area contributed by atoms with Gasteiger partial charge in [0.15, 0.2) is 6.29 Å². The first-order valence-corrected chi connectivity index (χ1v) is 5.53. The summed E-state index contributed by atoms with van der Waals surface area (Å²) in [5.74, 6) is -1.10. The van der Waals surface area contributed by atoms with Crippen LogP contribution >= 0.6 is 0 Å². The summed E-state index contributed by atoms with van der Waals surface area (Å²) in [6.45, 7) is 4.10. The average Bonchev–Trinajstić information content (AvgIpc) is 2.21. The van der Waals surface area contributed by atoms with Crippen LogP contribution in [0.5, 0.6) is 0 Å². The Morgan fingerprint density at radius 1 is 1.40 bits per heavy atom. The minimum atomic E-state index is -1.10. The lowest BCUT2D eigenvalue weighted by atomic mass is 9.92. The van der Waals surface area contributed by atoms with E-state index in [1.807, 2.05) is 0 Å². The van der Waals surface area contributed by atoms with E-state index in [4.69, 9.17) is 9.47 Å². The van der Waals surface area contributed by atoms with Crippen molar-refractivity contribution in [2.24, 2.45) is 5.41 Å². The first kappa shape index (κ1) is 12.5. The van der Waals surface area contributed by atoms with Gasteiger partial charge in [-0.3, -0.25) is 0 Å². The van der Waals surface area contributed by atoms with Crippen LogP contribution in [0.1, 0.15) is 39.5 Å². The summed E-state index contributed by atoms with van der Waals surface area (Å²) < 4.78 is 10.7. The molecular formula is C11H19O4-. The third kappa shape index (κ3) is 3.47. The molecule has 0 aromatic rings. The van der Waals surface area contributed by atoms with Crippen LogP contribution < -0.4 is 5.11 Å². The number of unbranched alkanes of at least 4 members (excludes halogenated alkanes) is 2. The lowest BCUT2D eigenvalue weighted by Crippen LogP contribution is -2.51. The van der Waals surface area contributed by atoms with E-state index in [9.17, 15) is 9.90 Å². The van der Waals surface area contributed by atoms with Crippen LogP contribution in [0.15, 0.2) is 0 Å². The topological polar surface area (TPSA) is 58.6 Å². The van der Waals surface area contributed by atoms with Gasteiger partial charge in [-0.25, -0.2) is 0 Å². The maximum absolute atomic E-state index is 10.8. The van der Waals surface area contributed by atoms with Crippen molar-refractivity contribution < 1.29 is 19.4 Å². The largest absolute Gasteiger partial charge is 0.549 e. The van der Waals surface area contributed by atoms with Gasteiger partial charge in [0.25, 0.3) is 0 Å². The molecule has 1 fully saturated rings. The number of hydrogen-bond acceptors (Lipinski definition) is 4. The van der Waals surface area contributed by atoms with Crippen LogP contribution in [-0.4, -0.2) is 25.5 Å². The van der Waals surface area contributed by atoms with Gasteiger partial charge in [-0.2, -0.15) is 0 Å². The zero-order chi connectivity index (χ0) is 11.3. The van der Waals surface area contributed by atoms with E-state index in [2.05, 4.69) is 6.92 Å². The number of ether oxygens (including phenoxy) is 2. The third-order valence-electron chi connectivity index (χ3n) is 2.71.